The van der Waals surface area contributed by atoms with Crippen LogP contribution in [-0.2, 0) is 24.5 Å². The van der Waals surface area contributed by atoms with Gasteiger partial charge in [0.25, 0.3) is 0 Å². The van der Waals surface area contributed by atoms with Crippen LogP contribution in [0.4, 0.5) is 0 Å². The molecule has 2 aromatic carbocycles. The van der Waals surface area contributed by atoms with Crippen molar-refractivity contribution in [2.45, 2.75) is 149 Å². The standard InChI is InChI=1S/C36H54N2O2.C2H5O.In/c1-33(2,3)25-17-23(31(39)27(19-25)35(7,8)9)21-37-29-15-13-14-16-30(29)38-22-24-18-26(34(4,5)6)20-28(32(24)40)36(10,11)12;1-2-3;/h17-22,29-30,39-40H,13-16H2,1-12H3;2H2,1H3;/q;-1;+3/p-2/t29-,30-;;/m1../s1. The Labute approximate surface area is 277 Å². The van der Waals surface area contributed by atoms with Gasteiger partial charge in [-0.1, -0.05) is 0 Å². The summed E-state index contributed by atoms with van der Waals surface area (Å²) in [6.45, 7) is 29.7. The van der Waals surface area contributed by atoms with Gasteiger partial charge in [0.05, 0.1) is 0 Å². The summed E-state index contributed by atoms with van der Waals surface area (Å²) in [7, 11) is 0. The molecule has 5 nitrogen and oxygen atoms in total. The number of fused-ring (bicyclic) bond motifs is 3. The number of benzene rings is 2. The molecule has 1 fully saturated rings. The maximum atomic E-state index is 7.06. The summed E-state index contributed by atoms with van der Waals surface area (Å²) in [6, 6.07) is 9.47. The number of nitrogens with zero attached hydrogens (tertiary/aromatic N) is 2. The predicted octanol–water partition coefficient (Wildman–Crippen LogP) is 9.52. The third-order valence-corrected chi connectivity index (χ3v) is 13.0. The van der Waals surface area contributed by atoms with Crippen molar-refractivity contribution >= 4 is 35.2 Å². The molecule has 1 aliphatic heterocycles. The van der Waals surface area contributed by atoms with Crippen molar-refractivity contribution in [3.05, 3.63) is 57.6 Å². The molecule has 0 unspecified atom stereocenters. The van der Waals surface area contributed by atoms with Gasteiger partial charge in [-0.25, -0.2) is 0 Å². The SMILES string of the molecule is CC[O][In]1[O]c2c(cc(C(C)(C)C)cc2C(C)(C)C)C=N[C@@H]2CCCC[C@H]2N=Cc2cc(C(C)(C)C)cc(C(C)(C)C)c2[O]1. The molecule has 4 rings (SSSR count). The van der Waals surface area contributed by atoms with Crippen molar-refractivity contribution in [3.63, 3.8) is 0 Å². The van der Waals surface area contributed by atoms with Crippen LogP contribution in [0.1, 0.15) is 149 Å². The molecule has 0 N–H and O–H groups in total. The zero-order valence-electron chi connectivity index (χ0n) is 29.9. The summed E-state index contributed by atoms with van der Waals surface area (Å²) in [5.41, 5.74) is 6.57. The molecule has 6 heteroatoms. The summed E-state index contributed by atoms with van der Waals surface area (Å²) in [5, 5.41) is 0. The average Bonchev–Trinajstić information content (AvgIpc) is 2.90. The van der Waals surface area contributed by atoms with E-state index < -0.39 is 22.7 Å². The molecule has 0 radical (unpaired) electrons. The maximum absolute atomic E-state index is 7.06. The topological polar surface area (TPSA) is 52.4 Å². The number of aliphatic imine (C=N–C) groups is 2. The van der Waals surface area contributed by atoms with Crippen LogP contribution in [0.2, 0.25) is 0 Å². The van der Waals surface area contributed by atoms with Gasteiger partial charge in [0.2, 0.25) is 0 Å². The second kappa shape index (κ2) is 13.1. The van der Waals surface area contributed by atoms with Crippen LogP contribution in [0.5, 0.6) is 11.5 Å². The van der Waals surface area contributed by atoms with Crippen molar-refractivity contribution < 1.29 is 8.56 Å². The molecule has 2 atom stereocenters. The van der Waals surface area contributed by atoms with E-state index in [0.29, 0.717) is 6.61 Å². The Bertz CT molecular complexity index is 1280. The summed E-state index contributed by atoms with van der Waals surface area (Å²) in [4.78, 5) is 10.5. The molecule has 44 heavy (non-hydrogen) atoms. The molecular formula is C38H57InN2O3. The van der Waals surface area contributed by atoms with E-state index in [-0.39, 0.29) is 33.7 Å². The van der Waals surface area contributed by atoms with Gasteiger partial charge in [-0.2, -0.15) is 0 Å². The first-order valence-corrected chi connectivity index (χ1v) is 20.7. The molecule has 0 aromatic heterocycles. The fourth-order valence-corrected chi connectivity index (χ4v) is 9.85. The minimum absolute atomic E-state index is 0.0217. The van der Waals surface area contributed by atoms with E-state index in [1.807, 2.05) is 6.92 Å². The van der Waals surface area contributed by atoms with Crippen LogP contribution in [-0.4, -0.2) is 53.9 Å². The van der Waals surface area contributed by atoms with Crippen molar-refractivity contribution in [3.8, 4) is 11.5 Å². The molecule has 0 saturated heterocycles. The summed E-state index contributed by atoms with van der Waals surface area (Å²) in [5.74, 6) is 1.72. The first kappa shape index (κ1) is 35.1. The van der Waals surface area contributed by atoms with Crippen molar-refractivity contribution in [1.82, 2.24) is 0 Å². The van der Waals surface area contributed by atoms with Crippen molar-refractivity contribution in [1.29, 1.82) is 0 Å². The zero-order chi connectivity index (χ0) is 32.7. The third-order valence-electron chi connectivity index (χ3n) is 8.82. The number of hydrogen-bond donors (Lipinski definition) is 0. The van der Waals surface area contributed by atoms with Gasteiger partial charge in [-0.15, -0.1) is 0 Å². The molecule has 1 saturated carbocycles. The molecule has 1 heterocycles. The molecule has 0 spiro atoms. The number of hydrogen-bond acceptors (Lipinski definition) is 5. The Hall–Kier alpha value is -1.79. The fourth-order valence-electron chi connectivity index (χ4n) is 5.95. The summed E-state index contributed by atoms with van der Waals surface area (Å²) in [6.07, 6.45) is 8.57. The molecule has 0 amide bonds. The van der Waals surface area contributed by atoms with Gasteiger partial charge in [-0.3, -0.25) is 0 Å². The van der Waals surface area contributed by atoms with E-state index >= 15 is 0 Å². The van der Waals surface area contributed by atoms with Gasteiger partial charge in [0.1, 0.15) is 0 Å². The van der Waals surface area contributed by atoms with E-state index in [1.165, 1.54) is 35.1 Å². The van der Waals surface area contributed by atoms with E-state index in [1.54, 1.807) is 0 Å². The van der Waals surface area contributed by atoms with Crippen molar-refractivity contribution in [2.75, 3.05) is 6.61 Å². The van der Waals surface area contributed by atoms with E-state index in [2.05, 4.69) is 120 Å². The van der Waals surface area contributed by atoms with Crippen LogP contribution in [0, 0.1) is 0 Å². The second-order valence-electron chi connectivity index (χ2n) is 16.8. The zero-order valence-corrected chi connectivity index (χ0v) is 33.1. The Morgan fingerprint density at radius 3 is 1.34 bits per heavy atom. The predicted molar refractivity (Wildman–Crippen MR) is 188 cm³/mol. The molecule has 2 aliphatic rings. The second-order valence-corrected chi connectivity index (χ2v) is 20.8. The van der Waals surface area contributed by atoms with Gasteiger partial charge in [0, 0.05) is 0 Å². The molecule has 240 valence electrons. The summed E-state index contributed by atoms with van der Waals surface area (Å²) < 4.78 is 20.6. The van der Waals surface area contributed by atoms with Gasteiger partial charge in [0.15, 0.2) is 0 Å². The van der Waals surface area contributed by atoms with E-state index in [9.17, 15) is 0 Å². The molecule has 0 bridgehead atoms. The fraction of sp³-hybridized carbons (Fsp3) is 0.632. The van der Waals surface area contributed by atoms with E-state index in [0.717, 1.165) is 35.5 Å². The van der Waals surface area contributed by atoms with Crippen LogP contribution in [0.15, 0.2) is 34.3 Å². The average molecular weight is 705 g/mol. The van der Waals surface area contributed by atoms with Crippen molar-refractivity contribution in [2.24, 2.45) is 9.98 Å². The van der Waals surface area contributed by atoms with Crippen LogP contribution >= 0.6 is 0 Å². The Balaban J connectivity index is 2.03. The third kappa shape index (κ3) is 8.32. The Kier molecular flexibility index (Phi) is 10.5. The normalized spacial score (nSPS) is 19.9. The first-order valence-electron chi connectivity index (χ1n) is 16.7. The van der Waals surface area contributed by atoms with Crippen LogP contribution in [0.3, 0.4) is 0 Å². The van der Waals surface area contributed by atoms with E-state index in [4.69, 9.17) is 18.5 Å². The molecule has 1 aliphatic carbocycles. The number of rotatable bonds is 2. The van der Waals surface area contributed by atoms with Crippen LogP contribution in [0.25, 0.3) is 0 Å². The minimum atomic E-state index is -3.66. The first-order chi connectivity index (χ1) is 20.3. The quantitative estimate of drug-likeness (QED) is 0.313. The Morgan fingerprint density at radius 1 is 0.636 bits per heavy atom. The monoisotopic (exact) mass is 704 g/mol. The van der Waals surface area contributed by atoms with Gasteiger partial charge >= 0.3 is 279 Å². The Morgan fingerprint density at radius 2 is 1.02 bits per heavy atom. The van der Waals surface area contributed by atoms with Crippen LogP contribution < -0.4 is 5.71 Å². The summed E-state index contributed by atoms with van der Waals surface area (Å²) >= 11 is -3.66. The van der Waals surface area contributed by atoms with Gasteiger partial charge in [-0.05, 0) is 0 Å². The molecular weight excluding hydrogens is 647 g/mol. The van der Waals surface area contributed by atoms with Gasteiger partial charge < -0.3 is 0 Å². The molecule has 2 aromatic rings.